The number of aromatic amines is 1. The first-order chi connectivity index (χ1) is 10.4. The summed E-state index contributed by atoms with van der Waals surface area (Å²) in [6.45, 7) is 9.94. The number of H-pyrrole nitrogens is 1. The smallest absolute Gasteiger partial charge is 0.339 e. The lowest BCUT2D eigenvalue weighted by atomic mass is 9.96. The number of carbonyl (C=O) groups is 2. The average Bonchev–Trinajstić information content (AvgIpc) is 2.80. The van der Waals surface area contributed by atoms with E-state index in [0.29, 0.717) is 22.5 Å². The lowest BCUT2D eigenvalue weighted by Gasteiger charge is -2.31. The van der Waals surface area contributed by atoms with Gasteiger partial charge < -0.3 is 14.6 Å². The second kappa shape index (κ2) is 6.65. The molecular weight excluding hydrogens is 280 g/mol. The Morgan fingerprint density at radius 3 is 2.41 bits per heavy atom. The fraction of sp³-hybridized carbons (Fsp3) is 0.647. The number of piperidine rings is 1. The third-order valence-corrected chi connectivity index (χ3v) is 5.00. The standard InChI is InChI=1S/C17H26N2O3/c1-10-6-8-19(9-7-10)13(4)16(20)15-11(2)14(12(3)18-15)17(21)22-5/h10,13,18H,6-9H2,1-5H3/p+1/t13-/m0/s1. The second-order valence-electron chi connectivity index (χ2n) is 6.54. The van der Waals surface area contributed by atoms with Gasteiger partial charge in [0.05, 0.1) is 31.5 Å². The molecule has 22 heavy (non-hydrogen) atoms. The molecule has 1 aliphatic rings. The van der Waals surface area contributed by atoms with Crippen molar-refractivity contribution >= 4 is 11.8 Å². The van der Waals surface area contributed by atoms with Crippen molar-refractivity contribution in [2.75, 3.05) is 20.2 Å². The van der Waals surface area contributed by atoms with Gasteiger partial charge in [0.1, 0.15) is 6.04 Å². The van der Waals surface area contributed by atoms with Crippen LogP contribution < -0.4 is 4.90 Å². The molecule has 122 valence electrons. The van der Waals surface area contributed by atoms with Crippen molar-refractivity contribution < 1.29 is 19.2 Å². The summed E-state index contributed by atoms with van der Waals surface area (Å²) >= 11 is 0. The van der Waals surface area contributed by atoms with Crippen molar-refractivity contribution in [1.29, 1.82) is 0 Å². The Bertz CT molecular complexity index is 569. The predicted molar refractivity (Wildman–Crippen MR) is 84.5 cm³/mol. The number of ether oxygens (including phenoxy) is 1. The van der Waals surface area contributed by atoms with Crippen LogP contribution in [-0.2, 0) is 4.74 Å². The van der Waals surface area contributed by atoms with E-state index in [1.165, 1.54) is 24.9 Å². The van der Waals surface area contributed by atoms with Crippen LogP contribution in [0.4, 0.5) is 0 Å². The van der Waals surface area contributed by atoms with Gasteiger partial charge in [-0.15, -0.1) is 0 Å². The van der Waals surface area contributed by atoms with Crippen LogP contribution in [0.5, 0.6) is 0 Å². The minimum Gasteiger partial charge on any atom is -0.465 e. The summed E-state index contributed by atoms with van der Waals surface area (Å²) in [6, 6.07) is -0.0882. The Balaban J connectivity index is 2.21. The van der Waals surface area contributed by atoms with Crippen molar-refractivity contribution in [3.8, 4) is 0 Å². The number of esters is 1. The maximum Gasteiger partial charge on any atom is 0.339 e. The van der Waals surface area contributed by atoms with Crippen molar-refractivity contribution in [1.82, 2.24) is 4.98 Å². The highest BCUT2D eigenvalue weighted by Gasteiger charge is 2.32. The van der Waals surface area contributed by atoms with Crippen LogP contribution in [0.1, 0.15) is 58.8 Å². The van der Waals surface area contributed by atoms with Gasteiger partial charge in [-0.2, -0.15) is 0 Å². The van der Waals surface area contributed by atoms with Crippen LogP contribution in [0.25, 0.3) is 0 Å². The van der Waals surface area contributed by atoms with Gasteiger partial charge >= 0.3 is 5.97 Å². The number of Topliss-reactive ketones (excluding diaryl/α,β-unsaturated/α-hetero) is 1. The fourth-order valence-electron chi connectivity index (χ4n) is 3.37. The van der Waals surface area contributed by atoms with Crippen LogP contribution >= 0.6 is 0 Å². The van der Waals surface area contributed by atoms with E-state index in [-0.39, 0.29) is 11.8 Å². The van der Waals surface area contributed by atoms with Crippen LogP contribution in [0.2, 0.25) is 0 Å². The Hall–Kier alpha value is -1.62. The fourth-order valence-corrected chi connectivity index (χ4v) is 3.37. The van der Waals surface area contributed by atoms with Gasteiger partial charge in [0, 0.05) is 5.69 Å². The highest BCUT2D eigenvalue weighted by molar-refractivity contribution is 6.03. The molecule has 0 aliphatic carbocycles. The number of methoxy groups -OCH3 is 1. The number of aryl methyl sites for hydroxylation is 1. The summed E-state index contributed by atoms with van der Waals surface area (Å²) < 4.78 is 4.80. The number of carbonyl (C=O) groups excluding carboxylic acids is 2. The molecule has 1 aromatic heterocycles. The number of hydrogen-bond donors (Lipinski definition) is 2. The molecule has 2 N–H and O–H groups in total. The summed E-state index contributed by atoms with van der Waals surface area (Å²) in [5, 5.41) is 0. The van der Waals surface area contributed by atoms with Crippen LogP contribution in [-0.4, -0.2) is 43.0 Å². The molecule has 1 aliphatic heterocycles. The summed E-state index contributed by atoms with van der Waals surface area (Å²) in [4.78, 5) is 29.1. The molecular formula is C17H27N2O3+. The van der Waals surface area contributed by atoms with E-state index in [2.05, 4.69) is 11.9 Å². The predicted octanol–water partition coefficient (Wildman–Crippen LogP) is 1.30. The third-order valence-electron chi connectivity index (χ3n) is 5.00. The van der Waals surface area contributed by atoms with Gasteiger partial charge in [-0.25, -0.2) is 4.79 Å². The number of hydrogen-bond acceptors (Lipinski definition) is 3. The highest BCUT2D eigenvalue weighted by Crippen LogP contribution is 2.20. The molecule has 1 fully saturated rings. The lowest BCUT2D eigenvalue weighted by molar-refractivity contribution is -0.919. The summed E-state index contributed by atoms with van der Waals surface area (Å²) in [5.41, 5.74) is 2.44. The Labute approximate surface area is 132 Å². The van der Waals surface area contributed by atoms with E-state index in [0.717, 1.165) is 19.0 Å². The van der Waals surface area contributed by atoms with Gasteiger partial charge in [-0.1, -0.05) is 6.92 Å². The molecule has 0 saturated carbocycles. The van der Waals surface area contributed by atoms with E-state index < -0.39 is 5.97 Å². The van der Waals surface area contributed by atoms with Crippen LogP contribution in [0.15, 0.2) is 0 Å². The van der Waals surface area contributed by atoms with Gasteiger partial charge in [0.2, 0.25) is 5.78 Å². The van der Waals surface area contributed by atoms with E-state index in [4.69, 9.17) is 4.74 Å². The molecule has 0 amide bonds. The second-order valence-corrected chi connectivity index (χ2v) is 6.54. The zero-order chi connectivity index (χ0) is 16.4. The number of aromatic nitrogens is 1. The van der Waals surface area contributed by atoms with Crippen molar-refractivity contribution in [3.05, 3.63) is 22.5 Å². The zero-order valence-electron chi connectivity index (χ0n) is 14.2. The zero-order valence-corrected chi connectivity index (χ0v) is 14.2. The molecule has 0 unspecified atom stereocenters. The summed E-state index contributed by atoms with van der Waals surface area (Å²) in [5.74, 6) is 0.448. The molecule has 1 atom stereocenters. The normalized spacial score (nSPS) is 23.1. The van der Waals surface area contributed by atoms with E-state index in [9.17, 15) is 9.59 Å². The minimum absolute atomic E-state index is 0.0836. The van der Waals surface area contributed by atoms with Gasteiger partial charge in [-0.05, 0) is 45.1 Å². The van der Waals surface area contributed by atoms with Crippen LogP contribution in [0.3, 0.4) is 0 Å². The first kappa shape index (κ1) is 16.7. The first-order valence-electron chi connectivity index (χ1n) is 8.03. The molecule has 2 rings (SSSR count). The van der Waals surface area contributed by atoms with Gasteiger partial charge in [0.25, 0.3) is 0 Å². The maximum atomic E-state index is 12.8. The number of likely N-dealkylation sites (tertiary alicyclic amines) is 1. The number of rotatable bonds is 4. The van der Waals surface area contributed by atoms with Crippen molar-refractivity contribution in [2.24, 2.45) is 5.92 Å². The molecule has 2 heterocycles. The summed E-state index contributed by atoms with van der Waals surface area (Å²) in [6.07, 6.45) is 2.34. The molecule has 1 saturated heterocycles. The third kappa shape index (κ3) is 3.09. The SMILES string of the molecule is COC(=O)c1c(C)[nH]c(C(=O)[C@H](C)[NH+]2CCC(C)CC2)c1C. The minimum atomic E-state index is -0.392. The molecule has 0 bridgehead atoms. The molecule has 0 aromatic carbocycles. The summed E-state index contributed by atoms with van der Waals surface area (Å²) in [7, 11) is 1.36. The molecule has 1 aromatic rings. The first-order valence-corrected chi connectivity index (χ1v) is 8.03. The van der Waals surface area contributed by atoms with E-state index in [1.54, 1.807) is 6.92 Å². The van der Waals surface area contributed by atoms with Crippen molar-refractivity contribution in [2.45, 2.75) is 46.6 Å². The van der Waals surface area contributed by atoms with E-state index >= 15 is 0 Å². The Morgan fingerprint density at radius 2 is 1.86 bits per heavy atom. The topological polar surface area (TPSA) is 63.6 Å². The maximum absolute atomic E-state index is 12.8. The lowest BCUT2D eigenvalue weighted by Crippen LogP contribution is -3.17. The molecule has 5 heteroatoms. The molecule has 0 radical (unpaired) electrons. The average molecular weight is 307 g/mol. The van der Waals surface area contributed by atoms with Gasteiger partial charge in [-0.3, -0.25) is 4.79 Å². The van der Waals surface area contributed by atoms with Gasteiger partial charge in [0.15, 0.2) is 0 Å². The molecule has 5 nitrogen and oxygen atoms in total. The number of ketones is 1. The largest absolute Gasteiger partial charge is 0.465 e. The quantitative estimate of drug-likeness (QED) is 0.651. The molecule has 0 spiro atoms. The Kier molecular flexibility index (Phi) is 5.06. The van der Waals surface area contributed by atoms with E-state index in [1.807, 2.05) is 13.8 Å². The Morgan fingerprint density at radius 1 is 1.27 bits per heavy atom. The highest BCUT2D eigenvalue weighted by atomic mass is 16.5. The number of quaternary nitrogens is 1. The monoisotopic (exact) mass is 307 g/mol. The number of nitrogens with one attached hydrogen (secondary N) is 2. The van der Waals surface area contributed by atoms with Crippen molar-refractivity contribution in [3.63, 3.8) is 0 Å². The van der Waals surface area contributed by atoms with Crippen LogP contribution in [0, 0.1) is 19.8 Å².